The fourth-order valence-electron chi connectivity index (χ4n) is 10.7. The third kappa shape index (κ3) is 5.36. The van der Waals surface area contributed by atoms with Crippen LogP contribution in [0.3, 0.4) is 0 Å². The predicted molar refractivity (Wildman–Crippen MR) is 260 cm³/mol. The first-order valence-electron chi connectivity index (χ1n) is 21.8. The molecule has 0 amide bonds. The number of anilines is 3. The van der Waals surface area contributed by atoms with Crippen molar-refractivity contribution in [2.24, 2.45) is 0 Å². The highest BCUT2D eigenvalue weighted by molar-refractivity contribution is 6.11. The molecule has 0 saturated carbocycles. The van der Waals surface area contributed by atoms with Crippen LogP contribution in [0.5, 0.6) is 0 Å². The highest BCUT2D eigenvalue weighted by Gasteiger charge is 2.43. The minimum absolute atomic E-state index is 0.186. The lowest BCUT2D eigenvalue weighted by atomic mass is 9.79. The molecule has 62 heavy (non-hydrogen) atoms. The van der Waals surface area contributed by atoms with Crippen LogP contribution in [-0.4, -0.2) is 0 Å². The quantitative estimate of drug-likeness (QED) is 0.167. The number of para-hydroxylation sites is 3. The molecule has 0 radical (unpaired) electrons. The number of fused-ring (bicyclic) bond motifs is 9. The number of benzene rings is 9. The SMILES string of the molecule is CC1(C)c2cc(N(c3ccc(-c4ccccc4)cc3)c3ccccc3-c3ccccc3)ccc2-c2cc3c(cc21)-c1c(-c2cccc4c2oc2ccccc24)cccc1C3(C)C. The summed E-state index contributed by atoms with van der Waals surface area (Å²) < 4.78 is 6.64. The first kappa shape index (κ1) is 36.4. The van der Waals surface area contributed by atoms with Crippen LogP contribution in [0, 0.1) is 0 Å². The van der Waals surface area contributed by atoms with Crippen LogP contribution in [0.25, 0.3) is 77.6 Å². The van der Waals surface area contributed by atoms with Gasteiger partial charge in [-0.15, -0.1) is 0 Å². The summed E-state index contributed by atoms with van der Waals surface area (Å²) in [6.07, 6.45) is 0. The molecule has 2 aliphatic rings. The molecule has 12 rings (SSSR count). The summed E-state index contributed by atoms with van der Waals surface area (Å²) in [4.78, 5) is 2.45. The first-order chi connectivity index (χ1) is 30.3. The number of hydrogen-bond acceptors (Lipinski definition) is 2. The average Bonchev–Trinajstić information content (AvgIpc) is 3.89. The maximum absolute atomic E-state index is 6.64. The van der Waals surface area contributed by atoms with E-state index in [1.165, 1.54) is 72.3 Å². The second kappa shape index (κ2) is 13.5. The Labute approximate surface area is 363 Å². The minimum Gasteiger partial charge on any atom is -0.455 e. The monoisotopic (exact) mass is 795 g/mol. The van der Waals surface area contributed by atoms with Crippen LogP contribution in [-0.2, 0) is 10.8 Å². The normalized spacial score (nSPS) is 14.1. The third-order valence-electron chi connectivity index (χ3n) is 13.9. The molecule has 0 N–H and O–H groups in total. The van der Waals surface area contributed by atoms with E-state index in [-0.39, 0.29) is 10.8 Å². The van der Waals surface area contributed by atoms with E-state index in [9.17, 15) is 0 Å². The van der Waals surface area contributed by atoms with E-state index < -0.39 is 0 Å². The molecule has 296 valence electrons. The fourth-order valence-corrected chi connectivity index (χ4v) is 10.7. The van der Waals surface area contributed by atoms with Crippen LogP contribution < -0.4 is 4.90 Å². The van der Waals surface area contributed by atoms with Crippen LogP contribution in [0.1, 0.15) is 49.9 Å². The van der Waals surface area contributed by atoms with E-state index >= 15 is 0 Å². The molecule has 1 aromatic heterocycles. The highest BCUT2D eigenvalue weighted by atomic mass is 16.3. The van der Waals surface area contributed by atoms with Gasteiger partial charge in [-0.05, 0) is 115 Å². The fraction of sp³-hybridized carbons (Fsp3) is 0.100. The summed E-state index contributed by atoms with van der Waals surface area (Å²) in [5, 5.41) is 2.31. The molecule has 0 unspecified atom stereocenters. The van der Waals surface area contributed by atoms with Gasteiger partial charge in [-0.2, -0.15) is 0 Å². The van der Waals surface area contributed by atoms with Gasteiger partial charge >= 0.3 is 0 Å². The van der Waals surface area contributed by atoms with Gasteiger partial charge in [0.15, 0.2) is 0 Å². The summed E-state index contributed by atoms with van der Waals surface area (Å²) >= 11 is 0. The van der Waals surface area contributed by atoms with Gasteiger partial charge in [0.2, 0.25) is 0 Å². The molecule has 1 heterocycles. The molecule has 0 bridgehead atoms. The lowest BCUT2D eigenvalue weighted by Crippen LogP contribution is -2.17. The van der Waals surface area contributed by atoms with E-state index in [1.807, 2.05) is 0 Å². The van der Waals surface area contributed by atoms with Crippen molar-refractivity contribution in [2.75, 3.05) is 4.90 Å². The number of rotatable bonds is 6. The van der Waals surface area contributed by atoms with Crippen LogP contribution >= 0.6 is 0 Å². The van der Waals surface area contributed by atoms with E-state index in [1.54, 1.807) is 0 Å². The lowest BCUT2D eigenvalue weighted by Gasteiger charge is -2.30. The second-order valence-electron chi connectivity index (χ2n) is 18.1. The van der Waals surface area contributed by atoms with Crippen LogP contribution in [0.4, 0.5) is 17.1 Å². The molecule has 0 atom stereocenters. The van der Waals surface area contributed by atoms with E-state index in [2.05, 4.69) is 233 Å². The summed E-state index contributed by atoms with van der Waals surface area (Å²) in [5.74, 6) is 0. The van der Waals surface area contributed by atoms with Crippen LogP contribution in [0.15, 0.2) is 205 Å². The molecule has 0 aliphatic heterocycles. The maximum atomic E-state index is 6.64. The molecule has 2 aliphatic carbocycles. The van der Waals surface area contributed by atoms with E-state index in [4.69, 9.17) is 4.42 Å². The summed E-state index contributed by atoms with van der Waals surface area (Å²) in [6.45, 7) is 9.61. The average molecular weight is 796 g/mol. The van der Waals surface area contributed by atoms with Crippen molar-refractivity contribution in [3.8, 4) is 55.6 Å². The van der Waals surface area contributed by atoms with Crippen molar-refractivity contribution in [1.29, 1.82) is 0 Å². The van der Waals surface area contributed by atoms with Crippen molar-refractivity contribution in [1.82, 2.24) is 0 Å². The molecule has 0 spiro atoms. The smallest absolute Gasteiger partial charge is 0.143 e. The topological polar surface area (TPSA) is 16.4 Å². The Morgan fingerprint density at radius 1 is 0.355 bits per heavy atom. The molecule has 2 heteroatoms. The summed E-state index contributed by atoms with van der Waals surface area (Å²) in [7, 11) is 0. The predicted octanol–water partition coefficient (Wildman–Crippen LogP) is 16.7. The standard InChI is InChI=1S/C60H45NO/c1-59(2)51-26-16-23-46(48-25-15-24-47-45-22-12-14-28-56(45)62-58(47)48)57(51)50-37-53-49(36-54(50)59)44-34-33-42(35-52(44)60(53,3)4)61(41-31-29-39(30-32-41)38-17-7-5-8-18-38)55-27-13-11-21-43(55)40-19-9-6-10-20-40/h5-37H,1-4H3. The Morgan fingerprint density at radius 3 is 1.73 bits per heavy atom. The van der Waals surface area contributed by atoms with Gasteiger partial charge in [0.1, 0.15) is 11.2 Å². The molecule has 9 aromatic carbocycles. The Kier molecular flexibility index (Phi) is 7.96. The Hall–Kier alpha value is -7.42. The molecule has 10 aromatic rings. The Balaban J connectivity index is 1.01. The van der Waals surface area contributed by atoms with Crippen molar-refractivity contribution in [3.63, 3.8) is 0 Å². The molecule has 0 fully saturated rings. The van der Waals surface area contributed by atoms with Crippen molar-refractivity contribution >= 4 is 39.0 Å². The van der Waals surface area contributed by atoms with Gasteiger partial charge in [-0.3, -0.25) is 0 Å². The Morgan fingerprint density at radius 2 is 0.919 bits per heavy atom. The van der Waals surface area contributed by atoms with Crippen molar-refractivity contribution < 1.29 is 4.42 Å². The molecular formula is C60H45NO. The lowest BCUT2D eigenvalue weighted by molar-refractivity contribution is 0.652. The van der Waals surface area contributed by atoms with Gasteiger partial charge in [-0.1, -0.05) is 179 Å². The van der Waals surface area contributed by atoms with E-state index in [0.717, 1.165) is 44.6 Å². The number of nitrogens with zero attached hydrogens (tertiary/aromatic N) is 1. The van der Waals surface area contributed by atoms with Crippen molar-refractivity contribution in [3.05, 3.63) is 222 Å². The number of furan rings is 1. The number of hydrogen-bond donors (Lipinski definition) is 0. The minimum atomic E-state index is -0.252. The summed E-state index contributed by atoms with van der Waals surface area (Å²) in [6, 6.07) is 73.3. The van der Waals surface area contributed by atoms with Gasteiger partial charge in [-0.25, -0.2) is 0 Å². The second-order valence-corrected chi connectivity index (χ2v) is 18.1. The zero-order valence-corrected chi connectivity index (χ0v) is 35.4. The zero-order chi connectivity index (χ0) is 41.7. The zero-order valence-electron chi connectivity index (χ0n) is 35.4. The van der Waals surface area contributed by atoms with Crippen molar-refractivity contribution in [2.45, 2.75) is 38.5 Å². The van der Waals surface area contributed by atoms with Gasteiger partial charge in [0.05, 0.1) is 5.69 Å². The molecule has 2 nitrogen and oxygen atoms in total. The summed E-state index contributed by atoms with van der Waals surface area (Å²) in [5.41, 5.74) is 22.7. The van der Waals surface area contributed by atoms with Gasteiger partial charge in [0, 0.05) is 44.1 Å². The maximum Gasteiger partial charge on any atom is 0.143 e. The third-order valence-corrected chi connectivity index (χ3v) is 13.9. The molecular weight excluding hydrogens is 751 g/mol. The Bertz CT molecular complexity index is 3390. The largest absolute Gasteiger partial charge is 0.455 e. The first-order valence-corrected chi connectivity index (χ1v) is 21.8. The molecule has 0 saturated heterocycles. The van der Waals surface area contributed by atoms with E-state index in [0.29, 0.717) is 0 Å². The highest BCUT2D eigenvalue weighted by Crippen LogP contribution is 2.59. The van der Waals surface area contributed by atoms with Gasteiger partial charge < -0.3 is 9.32 Å². The van der Waals surface area contributed by atoms with Crippen LogP contribution in [0.2, 0.25) is 0 Å². The van der Waals surface area contributed by atoms with Gasteiger partial charge in [0.25, 0.3) is 0 Å².